The van der Waals surface area contributed by atoms with Crippen LogP contribution in [0.1, 0.15) is 24.0 Å². The van der Waals surface area contributed by atoms with Gasteiger partial charge in [-0.15, -0.1) is 0 Å². The lowest BCUT2D eigenvalue weighted by molar-refractivity contribution is -0.0212. The largest absolute Gasteiger partial charge is 0.376 e. The van der Waals surface area contributed by atoms with E-state index < -0.39 is 0 Å². The van der Waals surface area contributed by atoms with Crippen LogP contribution in [0.25, 0.3) is 10.9 Å². The maximum absolute atomic E-state index is 5.71. The zero-order valence-electron chi connectivity index (χ0n) is 18.3. The minimum atomic E-state index is 0.270. The highest BCUT2D eigenvalue weighted by atomic mass is 79.9. The van der Waals surface area contributed by atoms with E-state index in [1.54, 1.807) is 0 Å². The molecule has 1 aromatic heterocycles. The molecule has 2 unspecified atom stereocenters. The van der Waals surface area contributed by atoms with Crippen molar-refractivity contribution in [1.82, 2.24) is 19.9 Å². The van der Waals surface area contributed by atoms with Crippen molar-refractivity contribution in [2.75, 3.05) is 38.6 Å². The number of morpholine rings is 1. The number of aromatic nitrogens is 2. The summed E-state index contributed by atoms with van der Waals surface area (Å²) in [5.41, 5.74) is 4.43. The molecule has 2 aliphatic heterocycles. The van der Waals surface area contributed by atoms with Gasteiger partial charge in [0.2, 0.25) is 5.95 Å². The molecule has 5 rings (SSSR count). The Labute approximate surface area is 196 Å². The van der Waals surface area contributed by atoms with Gasteiger partial charge in [0.05, 0.1) is 18.2 Å². The number of hydrogen-bond donors (Lipinski definition) is 1. The van der Waals surface area contributed by atoms with E-state index in [2.05, 4.69) is 61.4 Å². The number of halogens is 1. The van der Waals surface area contributed by atoms with Gasteiger partial charge in [-0.05, 0) is 48.4 Å². The van der Waals surface area contributed by atoms with Crippen LogP contribution in [0.3, 0.4) is 0 Å². The van der Waals surface area contributed by atoms with Gasteiger partial charge in [-0.2, -0.15) is 5.10 Å². The lowest BCUT2D eigenvalue weighted by Gasteiger charge is -2.31. The predicted molar refractivity (Wildman–Crippen MR) is 132 cm³/mol. The SMILES string of the molecule is CC1CN(Cc2cc(Nc3ncc4cc(Br)ccc4n3)cc(C3C=NN(C)C3)c2)CCO1. The van der Waals surface area contributed by atoms with Crippen LogP contribution in [0.4, 0.5) is 11.6 Å². The third kappa shape index (κ3) is 4.92. The number of ether oxygens (including phenoxy) is 1. The smallest absolute Gasteiger partial charge is 0.227 e. The number of nitrogens with zero attached hydrogens (tertiary/aromatic N) is 5. The van der Waals surface area contributed by atoms with Crippen molar-refractivity contribution < 1.29 is 4.74 Å². The molecule has 1 fully saturated rings. The van der Waals surface area contributed by atoms with Gasteiger partial charge in [0.1, 0.15) is 0 Å². The molecule has 2 atom stereocenters. The fourth-order valence-electron chi connectivity index (χ4n) is 4.35. The molecule has 2 aromatic carbocycles. The summed E-state index contributed by atoms with van der Waals surface area (Å²) >= 11 is 3.50. The standard InChI is InChI=1S/C24H27BrN6O/c1-16-13-31(5-6-32-16)14-17-7-18(20-12-27-30(2)15-20)10-22(8-17)28-24-26-11-19-9-21(25)3-4-23(19)29-24/h3-4,7-12,16,20H,5-6,13-15H2,1-2H3,(H,26,28,29). The first-order valence-electron chi connectivity index (χ1n) is 10.9. The fraction of sp³-hybridized carbons (Fsp3) is 0.375. The van der Waals surface area contributed by atoms with E-state index in [0.29, 0.717) is 5.95 Å². The Hall–Kier alpha value is -2.55. The van der Waals surface area contributed by atoms with Crippen molar-refractivity contribution in [2.45, 2.75) is 25.5 Å². The lowest BCUT2D eigenvalue weighted by Crippen LogP contribution is -2.40. The van der Waals surface area contributed by atoms with Crippen LogP contribution in [-0.4, -0.2) is 65.5 Å². The average Bonchev–Trinajstić information content (AvgIpc) is 3.20. The molecule has 2 aliphatic rings. The van der Waals surface area contributed by atoms with Gasteiger partial charge in [-0.25, -0.2) is 9.97 Å². The number of fused-ring (bicyclic) bond motifs is 1. The van der Waals surface area contributed by atoms with Gasteiger partial charge in [-0.1, -0.05) is 22.0 Å². The molecule has 3 heterocycles. The van der Waals surface area contributed by atoms with Crippen LogP contribution in [0, 0.1) is 0 Å². The number of anilines is 2. The Morgan fingerprint density at radius 2 is 2.09 bits per heavy atom. The molecule has 0 amide bonds. The second kappa shape index (κ2) is 9.13. The summed E-state index contributed by atoms with van der Waals surface area (Å²) in [6.07, 6.45) is 4.16. The van der Waals surface area contributed by atoms with Crippen LogP contribution in [0.15, 0.2) is 52.2 Å². The third-order valence-corrected chi connectivity index (χ3v) is 6.37. The first kappa shape index (κ1) is 21.3. The lowest BCUT2D eigenvalue weighted by atomic mass is 9.97. The Kier molecular flexibility index (Phi) is 6.08. The highest BCUT2D eigenvalue weighted by Crippen LogP contribution is 2.27. The maximum Gasteiger partial charge on any atom is 0.227 e. The van der Waals surface area contributed by atoms with Crippen molar-refractivity contribution >= 4 is 44.7 Å². The second-order valence-corrected chi connectivity index (χ2v) is 9.53. The normalized spacial score (nSPS) is 21.4. The van der Waals surface area contributed by atoms with Crippen molar-refractivity contribution in [3.8, 4) is 0 Å². The van der Waals surface area contributed by atoms with Crippen LogP contribution in [0.5, 0.6) is 0 Å². The number of rotatable bonds is 5. The number of hydrazone groups is 1. The Morgan fingerprint density at radius 1 is 1.19 bits per heavy atom. The quantitative estimate of drug-likeness (QED) is 0.567. The van der Waals surface area contributed by atoms with Crippen LogP contribution in [0.2, 0.25) is 0 Å². The molecule has 0 aliphatic carbocycles. The minimum Gasteiger partial charge on any atom is -0.376 e. The Bertz CT molecular complexity index is 1150. The highest BCUT2D eigenvalue weighted by molar-refractivity contribution is 9.10. The predicted octanol–water partition coefficient (Wildman–Crippen LogP) is 4.37. The van der Waals surface area contributed by atoms with Crippen LogP contribution < -0.4 is 5.32 Å². The monoisotopic (exact) mass is 494 g/mol. The van der Waals surface area contributed by atoms with Gasteiger partial charge in [0.15, 0.2) is 0 Å². The van der Waals surface area contributed by atoms with E-state index in [-0.39, 0.29) is 12.0 Å². The van der Waals surface area contributed by atoms with E-state index in [9.17, 15) is 0 Å². The van der Waals surface area contributed by atoms with Crippen molar-refractivity contribution in [3.05, 3.63) is 58.2 Å². The molecule has 0 bridgehead atoms. The molecule has 0 spiro atoms. The highest BCUT2D eigenvalue weighted by Gasteiger charge is 2.20. The van der Waals surface area contributed by atoms with Crippen molar-refractivity contribution in [1.29, 1.82) is 0 Å². The molecule has 32 heavy (non-hydrogen) atoms. The van der Waals surface area contributed by atoms with E-state index in [1.165, 1.54) is 11.1 Å². The molecule has 8 heteroatoms. The summed E-state index contributed by atoms with van der Waals surface area (Å²) in [6, 6.07) is 12.7. The molecule has 7 nitrogen and oxygen atoms in total. The first-order chi connectivity index (χ1) is 15.5. The number of benzene rings is 2. The topological polar surface area (TPSA) is 65.9 Å². The molecule has 0 radical (unpaired) electrons. The zero-order chi connectivity index (χ0) is 22.1. The van der Waals surface area contributed by atoms with E-state index >= 15 is 0 Å². The van der Waals surface area contributed by atoms with Gasteiger partial charge in [-0.3, -0.25) is 9.91 Å². The number of nitrogens with one attached hydrogen (secondary N) is 1. The maximum atomic E-state index is 5.71. The van der Waals surface area contributed by atoms with E-state index in [1.807, 2.05) is 42.7 Å². The molecule has 1 saturated heterocycles. The summed E-state index contributed by atoms with van der Waals surface area (Å²) in [4.78, 5) is 11.7. The average molecular weight is 495 g/mol. The first-order valence-corrected chi connectivity index (χ1v) is 11.7. The molecule has 3 aromatic rings. The summed E-state index contributed by atoms with van der Waals surface area (Å²) in [6.45, 7) is 6.60. The van der Waals surface area contributed by atoms with Crippen LogP contribution >= 0.6 is 15.9 Å². The van der Waals surface area contributed by atoms with Crippen molar-refractivity contribution in [3.63, 3.8) is 0 Å². The molecule has 166 valence electrons. The molecule has 0 saturated carbocycles. The molecular formula is C24H27BrN6O. The summed E-state index contributed by atoms with van der Waals surface area (Å²) in [5.74, 6) is 0.874. The van der Waals surface area contributed by atoms with Gasteiger partial charge < -0.3 is 10.1 Å². The summed E-state index contributed by atoms with van der Waals surface area (Å²) in [5, 5.41) is 10.9. The molecule has 1 N–H and O–H groups in total. The minimum absolute atomic E-state index is 0.270. The second-order valence-electron chi connectivity index (χ2n) is 8.61. The Morgan fingerprint density at radius 3 is 2.91 bits per heavy atom. The molecular weight excluding hydrogens is 468 g/mol. The summed E-state index contributed by atoms with van der Waals surface area (Å²) in [7, 11) is 2.01. The fourth-order valence-corrected chi connectivity index (χ4v) is 4.73. The van der Waals surface area contributed by atoms with Gasteiger partial charge >= 0.3 is 0 Å². The van der Waals surface area contributed by atoms with Crippen molar-refractivity contribution in [2.24, 2.45) is 5.10 Å². The van der Waals surface area contributed by atoms with Crippen LogP contribution in [-0.2, 0) is 11.3 Å². The van der Waals surface area contributed by atoms with Gasteiger partial charge in [0.25, 0.3) is 0 Å². The van der Waals surface area contributed by atoms with E-state index in [4.69, 9.17) is 9.72 Å². The number of hydrogen-bond acceptors (Lipinski definition) is 7. The third-order valence-electron chi connectivity index (χ3n) is 5.88. The Balaban J connectivity index is 1.43. The number of likely N-dealkylation sites (N-methyl/N-ethyl adjacent to an activating group) is 1. The summed E-state index contributed by atoms with van der Waals surface area (Å²) < 4.78 is 6.73. The van der Waals surface area contributed by atoms with Gasteiger partial charge in [0, 0.05) is 67.1 Å². The van der Waals surface area contributed by atoms with E-state index in [0.717, 1.165) is 53.8 Å². The zero-order valence-corrected chi connectivity index (χ0v) is 19.9.